The monoisotopic (exact) mass is 458 g/mol. The molecule has 2 N–H and O–H groups in total. The quantitative estimate of drug-likeness (QED) is 0.446. The van der Waals surface area contributed by atoms with E-state index in [1.807, 2.05) is 18.2 Å². The summed E-state index contributed by atoms with van der Waals surface area (Å²) >= 11 is 0. The largest absolute Gasteiger partial charge is 0.454 e. The fourth-order valence-corrected chi connectivity index (χ4v) is 4.28. The molecule has 3 heterocycles. The Balaban J connectivity index is 1.54. The Morgan fingerprint density at radius 3 is 2.79 bits per heavy atom. The van der Waals surface area contributed by atoms with E-state index in [9.17, 15) is 9.18 Å². The number of aromatic nitrogens is 4. The van der Waals surface area contributed by atoms with Crippen LogP contribution < -0.4 is 10.5 Å². The third kappa shape index (κ3) is 3.96. The van der Waals surface area contributed by atoms with Crippen LogP contribution in [0.15, 0.2) is 67.5 Å². The Morgan fingerprint density at radius 2 is 2.03 bits per heavy atom. The highest BCUT2D eigenvalue weighted by molar-refractivity contribution is 5.98. The van der Waals surface area contributed by atoms with E-state index >= 15 is 0 Å². The van der Waals surface area contributed by atoms with Crippen molar-refractivity contribution in [2.75, 3.05) is 18.8 Å². The van der Waals surface area contributed by atoms with Crippen LogP contribution >= 0.6 is 0 Å². The highest BCUT2D eigenvalue weighted by Gasteiger charge is 2.28. The van der Waals surface area contributed by atoms with E-state index in [0.29, 0.717) is 41.1 Å². The molecule has 34 heavy (non-hydrogen) atoms. The number of nitrogen functional groups attached to an aromatic ring is 1. The predicted molar refractivity (Wildman–Crippen MR) is 127 cm³/mol. The molecule has 172 valence electrons. The van der Waals surface area contributed by atoms with Crippen LogP contribution in [0.2, 0.25) is 0 Å². The summed E-state index contributed by atoms with van der Waals surface area (Å²) in [6.45, 7) is 4.72. The Morgan fingerprint density at radius 1 is 1.21 bits per heavy atom. The molecule has 4 aromatic rings. The molecule has 1 aliphatic rings. The molecule has 2 aromatic carbocycles. The summed E-state index contributed by atoms with van der Waals surface area (Å²) in [6.07, 6.45) is 4.34. The lowest BCUT2D eigenvalue weighted by molar-refractivity contribution is -0.127. The number of para-hydroxylation sites is 1. The molecular formula is C25H23FN6O2. The number of benzene rings is 2. The molecule has 0 aliphatic carbocycles. The number of halogens is 1. The van der Waals surface area contributed by atoms with Crippen molar-refractivity contribution in [1.82, 2.24) is 24.6 Å². The minimum absolute atomic E-state index is 0.103. The molecule has 2 aromatic heterocycles. The van der Waals surface area contributed by atoms with Gasteiger partial charge in [-0.2, -0.15) is 5.10 Å². The zero-order valence-corrected chi connectivity index (χ0v) is 18.4. The first-order chi connectivity index (χ1) is 16.5. The van der Waals surface area contributed by atoms with Gasteiger partial charge in [-0.05, 0) is 49.2 Å². The van der Waals surface area contributed by atoms with Crippen LogP contribution in [0.1, 0.15) is 18.9 Å². The maximum Gasteiger partial charge on any atom is 0.246 e. The number of rotatable bonds is 5. The number of nitrogens with two attached hydrogens (primary N) is 1. The van der Waals surface area contributed by atoms with Crippen molar-refractivity contribution < 1.29 is 13.9 Å². The van der Waals surface area contributed by atoms with Crippen LogP contribution in [0.25, 0.3) is 22.3 Å². The Kier molecular flexibility index (Phi) is 5.67. The van der Waals surface area contributed by atoms with Crippen LogP contribution in [-0.4, -0.2) is 43.6 Å². The zero-order chi connectivity index (χ0) is 23.7. The minimum atomic E-state index is -0.528. The lowest BCUT2D eigenvalue weighted by atomic mass is 10.1. The van der Waals surface area contributed by atoms with Gasteiger partial charge in [-0.3, -0.25) is 4.79 Å². The zero-order valence-electron chi connectivity index (χ0n) is 18.4. The number of carbonyl (C=O) groups is 1. The molecule has 1 aliphatic heterocycles. The van der Waals surface area contributed by atoms with Gasteiger partial charge in [-0.1, -0.05) is 24.8 Å². The minimum Gasteiger partial charge on any atom is -0.454 e. The van der Waals surface area contributed by atoms with E-state index in [0.717, 1.165) is 12.8 Å². The highest BCUT2D eigenvalue weighted by atomic mass is 19.1. The van der Waals surface area contributed by atoms with Gasteiger partial charge < -0.3 is 15.4 Å². The average molecular weight is 458 g/mol. The van der Waals surface area contributed by atoms with Crippen LogP contribution in [0, 0.1) is 5.82 Å². The number of ether oxygens (including phenoxy) is 1. The SMILES string of the molecule is C=CC(=O)N1CCCC(n2nc(-c3ccc(Oc4ccccc4)c(F)c3)c3c(N)ncnc32)C1. The van der Waals surface area contributed by atoms with Crippen LogP contribution in [0.5, 0.6) is 11.5 Å². The summed E-state index contributed by atoms with van der Waals surface area (Å²) in [6, 6.07) is 13.6. The van der Waals surface area contributed by atoms with Crippen molar-refractivity contribution in [1.29, 1.82) is 0 Å². The average Bonchev–Trinajstić information content (AvgIpc) is 3.26. The molecular weight excluding hydrogens is 435 g/mol. The Hall–Kier alpha value is -4.27. The maximum absolute atomic E-state index is 15.0. The van der Waals surface area contributed by atoms with Gasteiger partial charge in [0.1, 0.15) is 23.6 Å². The number of fused-ring (bicyclic) bond motifs is 1. The van der Waals surface area contributed by atoms with E-state index in [1.54, 1.807) is 33.8 Å². The first kappa shape index (κ1) is 21.6. The predicted octanol–water partition coefficient (Wildman–Crippen LogP) is 4.36. The van der Waals surface area contributed by atoms with Gasteiger partial charge in [0, 0.05) is 18.7 Å². The van der Waals surface area contributed by atoms with Crippen molar-refractivity contribution in [3.05, 3.63) is 73.3 Å². The maximum atomic E-state index is 15.0. The molecule has 0 saturated carbocycles. The van der Waals surface area contributed by atoms with Crippen molar-refractivity contribution >= 4 is 22.8 Å². The number of hydrogen-bond donors (Lipinski definition) is 1. The van der Waals surface area contributed by atoms with E-state index in [1.165, 1.54) is 18.5 Å². The van der Waals surface area contributed by atoms with E-state index < -0.39 is 5.82 Å². The van der Waals surface area contributed by atoms with Crippen LogP contribution in [0.4, 0.5) is 10.2 Å². The number of piperidine rings is 1. The summed E-state index contributed by atoms with van der Waals surface area (Å²) in [7, 11) is 0. The molecule has 8 nitrogen and oxygen atoms in total. The fourth-order valence-electron chi connectivity index (χ4n) is 4.28. The van der Waals surface area contributed by atoms with Crippen LogP contribution in [0.3, 0.4) is 0 Å². The number of nitrogens with zero attached hydrogens (tertiary/aromatic N) is 5. The number of likely N-dealkylation sites (tertiary alicyclic amines) is 1. The molecule has 1 fully saturated rings. The van der Waals surface area contributed by atoms with Crippen molar-refractivity contribution in [2.24, 2.45) is 0 Å². The van der Waals surface area contributed by atoms with Crippen molar-refractivity contribution in [3.63, 3.8) is 0 Å². The molecule has 1 atom stereocenters. The number of amides is 1. The van der Waals surface area contributed by atoms with E-state index in [4.69, 9.17) is 15.6 Å². The second kappa shape index (κ2) is 8.93. The highest BCUT2D eigenvalue weighted by Crippen LogP contribution is 2.35. The van der Waals surface area contributed by atoms with Gasteiger partial charge in [0.15, 0.2) is 17.2 Å². The first-order valence-corrected chi connectivity index (χ1v) is 11.0. The second-order valence-corrected chi connectivity index (χ2v) is 8.10. The first-order valence-electron chi connectivity index (χ1n) is 11.0. The summed E-state index contributed by atoms with van der Waals surface area (Å²) < 4.78 is 22.4. The molecule has 5 rings (SSSR count). The van der Waals surface area contributed by atoms with Gasteiger partial charge >= 0.3 is 0 Å². The van der Waals surface area contributed by atoms with Crippen LogP contribution in [-0.2, 0) is 4.79 Å². The fraction of sp³-hybridized carbons (Fsp3) is 0.200. The van der Waals surface area contributed by atoms with Gasteiger partial charge in [0.2, 0.25) is 5.91 Å². The molecule has 1 amide bonds. The standard InChI is InChI=1S/C25H23FN6O2/c1-2-21(33)31-12-6-7-17(14-31)32-25-22(24(27)28-15-29-25)23(30-32)16-10-11-20(19(26)13-16)34-18-8-4-3-5-9-18/h2-5,8-11,13,15,17H,1,6-7,12,14H2,(H2,27,28,29). The smallest absolute Gasteiger partial charge is 0.246 e. The molecule has 1 saturated heterocycles. The number of carbonyl (C=O) groups excluding carboxylic acids is 1. The van der Waals surface area contributed by atoms with Gasteiger partial charge in [0.25, 0.3) is 0 Å². The topological polar surface area (TPSA) is 99.2 Å². The van der Waals surface area contributed by atoms with Crippen molar-refractivity contribution in [2.45, 2.75) is 18.9 Å². The number of anilines is 1. The molecule has 1 unspecified atom stereocenters. The molecule has 0 radical (unpaired) electrons. The summed E-state index contributed by atoms with van der Waals surface area (Å²) in [5.41, 5.74) is 7.75. The third-order valence-electron chi connectivity index (χ3n) is 5.92. The lowest BCUT2D eigenvalue weighted by Gasteiger charge is -2.32. The van der Waals surface area contributed by atoms with Gasteiger partial charge in [-0.25, -0.2) is 19.0 Å². The third-order valence-corrected chi connectivity index (χ3v) is 5.92. The Labute approximate surface area is 195 Å². The summed E-state index contributed by atoms with van der Waals surface area (Å²) in [5, 5.41) is 5.33. The second-order valence-electron chi connectivity index (χ2n) is 8.10. The molecule has 9 heteroatoms. The van der Waals surface area contributed by atoms with Gasteiger partial charge in [-0.15, -0.1) is 0 Å². The van der Waals surface area contributed by atoms with Crippen molar-refractivity contribution in [3.8, 4) is 22.8 Å². The van der Waals surface area contributed by atoms with Gasteiger partial charge in [0.05, 0.1) is 11.4 Å². The number of hydrogen-bond acceptors (Lipinski definition) is 6. The molecule has 0 bridgehead atoms. The van der Waals surface area contributed by atoms with E-state index in [2.05, 4.69) is 16.5 Å². The molecule has 0 spiro atoms. The normalized spacial score (nSPS) is 15.9. The lowest BCUT2D eigenvalue weighted by Crippen LogP contribution is -2.40. The van der Waals surface area contributed by atoms with E-state index in [-0.39, 0.29) is 23.5 Å². The Bertz CT molecular complexity index is 1370. The summed E-state index contributed by atoms with van der Waals surface area (Å²) in [5.74, 6) is 0.254. The summed E-state index contributed by atoms with van der Waals surface area (Å²) in [4.78, 5) is 22.4.